The highest BCUT2D eigenvalue weighted by atomic mass is 19.1. The second-order valence-corrected chi connectivity index (χ2v) is 3.78. The van der Waals surface area contributed by atoms with Crippen LogP contribution in [0.5, 0.6) is 5.75 Å². The lowest BCUT2D eigenvalue weighted by atomic mass is 10.1. The van der Waals surface area contributed by atoms with Crippen molar-refractivity contribution in [2.24, 2.45) is 5.73 Å². The molecule has 0 saturated carbocycles. The fraction of sp³-hybridized carbons (Fsp3) is 0.500. The molecule has 0 radical (unpaired) electrons. The number of halogens is 1. The minimum Gasteiger partial charge on any atom is -0.493 e. The molecule has 0 fully saturated rings. The maximum absolute atomic E-state index is 13.0. The van der Waals surface area contributed by atoms with Crippen LogP contribution < -0.4 is 10.5 Å². The van der Waals surface area contributed by atoms with Crippen LogP contribution in [0.3, 0.4) is 0 Å². The van der Waals surface area contributed by atoms with Crippen LogP contribution in [0.2, 0.25) is 0 Å². The molecule has 0 heterocycles. The van der Waals surface area contributed by atoms with E-state index in [1.165, 1.54) is 12.1 Å². The van der Waals surface area contributed by atoms with Gasteiger partial charge in [-0.3, -0.25) is 0 Å². The molecule has 2 nitrogen and oxygen atoms in total. The molecule has 0 aliphatic heterocycles. The number of ether oxygens (including phenoxy) is 1. The maximum atomic E-state index is 13.0. The summed E-state index contributed by atoms with van der Waals surface area (Å²) in [5.41, 5.74) is 6.54. The van der Waals surface area contributed by atoms with Gasteiger partial charge in [-0.05, 0) is 43.5 Å². The standard InChI is InChI=1S/C12H18FNO/c1-3-6-15-12-5-4-11(13)8-10(12)7-9(2)14/h4-5,8-9H,3,6-7,14H2,1-2H3. The van der Waals surface area contributed by atoms with E-state index >= 15 is 0 Å². The van der Waals surface area contributed by atoms with E-state index in [4.69, 9.17) is 10.5 Å². The highest BCUT2D eigenvalue weighted by molar-refractivity contribution is 5.34. The third kappa shape index (κ3) is 3.88. The third-order valence-corrected chi connectivity index (χ3v) is 2.03. The Kier molecular flexibility index (Phi) is 4.56. The third-order valence-electron chi connectivity index (χ3n) is 2.03. The first-order valence-corrected chi connectivity index (χ1v) is 5.30. The number of hydrogen-bond acceptors (Lipinski definition) is 2. The summed E-state index contributed by atoms with van der Waals surface area (Å²) in [6.45, 7) is 4.58. The van der Waals surface area contributed by atoms with Crippen molar-refractivity contribution in [3.8, 4) is 5.75 Å². The zero-order valence-corrected chi connectivity index (χ0v) is 9.29. The molecule has 1 atom stereocenters. The smallest absolute Gasteiger partial charge is 0.123 e. The molecule has 0 bridgehead atoms. The van der Waals surface area contributed by atoms with Crippen LogP contribution >= 0.6 is 0 Å². The first kappa shape index (κ1) is 12.0. The Morgan fingerprint density at radius 1 is 1.47 bits per heavy atom. The fourth-order valence-electron chi connectivity index (χ4n) is 1.41. The number of nitrogens with two attached hydrogens (primary N) is 1. The Bertz CT molecular complexity index is 312. The van der Waals surface area contributed by atoms with Crippen LogP contribution in [0.1, 0.15) is 25.8 Å². The Labute approximate surface area is 90.2 Å². The van der Waals surface area contributed by atoms with Gasteiger partial charge in [-0.15, -0.1) is 0 Å². The molecule has 3 heteroatoms. The lowest BCUT2D eigenvalue weighted by Crippen LogP contribution is -2.18. The molecule has 0 spiro atoms. The molecule has 0 aliphatic rings. The summed E-state index contributed by atoms with van der Waals surface area (Å²) in [5, 5.41) is 0. The van der Waals surface area contributed by atoms with Crippen molar-refractivity contribution in [1.82, 2.24) is 0 Å². The van der Waals surface area contributed by atoms with Gasteiger partial charge in [-0.2, -0.15) is 0 Å². The van der Waals surface area contributed by atoms with Crippen LogP contribution in [-0.2, 0) is 6.42 Å². The molecule has 2 N–H and O–H groups in total. The quantitative estimate of drug-likeness (QED) is 0.812. The van der Waals surface area contributed by atoms with Gasteiger partial charge in [-0.1, -0.05) is 6.92 Å². The van der Waals surface area contributed by atoms with E-state index in [1.807, 2.05) is 13.8 Å². The summed E-state index contributed by atoms with van der Waals surface area (Å²) in [7, 11) is 0. The zero-order valence-electron chi connectivity index (χ0n) is 9.29. The normalized spacial score (nSPS) is 12.5. The lowest BCUT2D eigenvalue weighted by Gasteiger charge is -2.12. The molecule has 0 aliphatic carbocycles. The van der Waals surface area contributed by atoms with E-state index < -0.39 is 0 Å². The van der Waals surface area contributed by atoms with E-state index in [0.29, 0.717) is 13.0 Å². The Morgan fingerprint density at radius 2 is 2.20 bits per heavy atom. The van der Waals surface area contributed by atoms with Gasteiger partial charge in [0, 0.05) is 6.04 Å². The Morgan fingerprint density at radius 3 is 2.80 bits per heavy atom. The van der Waals surface area contributed by atoms with Gasteiger partial charge in [0.05, 0.1) is 6.61 Å². The SMILES string of the molecule is CCCOc1ccc(F)cc1CC(C)N. The molecule has 1 aromatic rings. The molecule has 1 aromatic carbocycles. The highest BCUT2D eigenvalue weighted by Crippen LogP contribution is 2.21. The van der Waals surface area contributed by atoms with Crippen molar-refractivity contribution in [3.05, 3.63) is 29.6 Å². The van der Waals surface area contributed by atoms with Gasteiger partial charge >= 0.3 is 0 Å². The zero-order chi connectivity index (χ0) is 11.3. The van der Waals surface area contributed by atoms with Crippen molar-refractivity contribution in [1.29, 1.82) is 0 Å². The van der Waals surface area contributed by atoms with Crippen LogP contribution in [0.25, 0.3) is 0 Å². The topological polar surface area (TPSA) is 35.2 Å². The molecule has 15 heavy (non-hydrogen) atoms. The lowest BCUT2D eigenvalue weighted by molar-refractivity contribution is 0.313. The minimum absolute atomic E-state index is 0.00998. The van der Waals surface area contributed by atoms with Gasteiger partial charge in [0.25, 0.3) is 0 Å². The Balaban J connectivity index is 2.82. The number of hydrogen-bond donors (Lipinski definition) is 1. The predicted molar refractivity (Wildman–Crippen MR) is 59.5 cm³/mol. The highest BCUT2D eigenvalue weighted by Gasteiger charge is 2.07. The van der Waals surface area contributed by atoms with E-state index in [9.17, 15) is 4.39 Å². The van der Waals surface area contributed by atoms with Crippen molar-refractivity contribution in [3.63, 3.8) is 0 Å². The van der Waals surface area contributed by atoms with E-state index in [0.717, 1.165) is 17.7 Å². The van der Waals surface area contributed by atoms with Gasteiger partial charge in [0.2, 0.25) is 0 Å². The van der Waals surface area contributed by atoms with Crippen molar-refractivity contribution in [2.75, 3.05) is 6.61 Å². The molecule has 0 aromatic heterocycles. The van der Waals surface area contributed by atoms with E-state index in [-0.39, 0.29) is 11.9 Å². The average Bonchev–Trinajstić information content (AvgIpc) is 2.16. The monoisotopic (exact) mass is 211 g/mol. The fourth-order valence-corrected chi connectivity index (χ4v) is 1.41. The van der Waals surface area contributed by atoms with Crippen molar-refractivity contribution in [2.45, 2.75) is 32.7 Å². The van der Waals surface area contributed by atoms with Gasteiger partial charge in [0.1, 0.15) is 11.6 Å². The Hall–Kier alpha value is -1.09. The summed E-state index contributed by atoms with van der Waals surface area (Å²) in [5.74, 6) is 0.505. The van der Waals surface area contributed by atoms with Crippen LogP contribution in [0.15, 0.2) is 18.2 Å². The van der Waals surface area contributed by atoms with Crippen molar-refractivity contribution >= 4 is 0 Å². The van der Waals surface area contributed by atoms with E-state index in [1.54, 1.807) is 6.07 Å². The molecule has 0 saturated heterocycles. The second kappa shape index (κ2) is 5.71. The summed E-state index contributed by atoms with van der Waals surface area (Å²) in [6, 6.07) is 4.59. The van der Waals surface area contributed by atoms with Gasteiger partial charge in [0.15, 0.2) is 0 Å². The van der Waals surface area contributed by atoms with Crippen LogP contribution in [0.4, 0.5) is 4.39 Å². The predicted octanol–water partition coefficient (Wildman–Crippen LogP) is 2.50. The average molecular weight is 211 g/mol. The molecule has 0 amide bonds. The summed E-state index contributed by atoms with van der Waals surface area (Å²) in [6.07, 6.45) is 1.58. The summed E-state index contributed by atoms with van der Waals surface area (Å²) >= 11 is 0. The summed E-state index contributed by atoms with van der Waals surface area (Å²) < 4.78 is 18.5. The first-order chi connectivity index (χ1) is 7.13. The molecule has 84 valence electrons. The first-order valence-electron chi connectivity index (χ1n) is 5.30. The largest absolute Gasteiger partial charge is 0.493 e. The molecule has 1 unspecified atom stereocenters. The molecular weight excluding hydrogens is 193 g/mol. The second-order valence-electron chi connectivity index (χ2n) is 3.78. The van der Waals surface area contributed by atoms with E-state index in [2.05, 4.69) is 0 Å². The number of benzene rings is 1. The van der Waals surface area contributed by atoms with Gasteiger partial charge < -0.3 is 10.5 Å². The maximum Gasteiger partial charge on any atom is 0.123 e. The number of rotatable bonds is 5. The molecule has 1 rings (SSSR count). The molecular formula is C12H18FNO. The van der Waals surface area contributed by atoms with Crippen molar-refractivity contribution < 1.29 is 9.13 Å². The van der Waals surface area contributed by atoms with Crippen LogP contribution in [0, 0.1) is 5.82 Å². The van der Waals surface area contributed by atoms with Crippen LogP contribution in [-0.4, -0.2) is 12.6 Å². The minimum atomic E-state index is -0.241. The van der Waals surface area contributed by atoms with Gasteiger partial charge in [-0.25, -0.2) is 4.39 Å². The summed E-state index contributed by atoms with van der Waals surface area (Å²) in [4.78, 5) is 0.